The number of urea groups is 1. The number of nitrogens with one attached hydrogen (secondary N) is 2. The van der Waals surface area contributed by atoms with Gasteiger partial charge in [0.05, 0.1) is 4.92 Å². The number of hydrogen-bond acceptors (Lipinski definition) is 6. The quantitative estimate of drug-likeness (QED) is 0.156. The van der Waals surface area contributed by atoms with Gasteiger partial charge < -0.3 is 14.8 Å². The molecule has 2 N–H and O–H groups in total. The summed E-state index contributed by atoms with van der Waals surface area (Å²) >= 11 is 0. The molecule has 0 radical (unpaired) electrons. The molecule has 216 valence electrons. The Morgan fingerprint density at radius 3 is 1.51 bits per heavy atom. The molecule has 2 amide bonds. The summed E-state index contributed by atoms with van der Waals surface area (Å²) in [5.41, 5.74) is -0.541. The number of non-ortho nitro benzene ring substituents is 1. The standard InChI is InChI=1S/C18H10F11N3O6S/c19-14(20,15(21,22)17(25,26)27)16(23,24)18(28,29)39(36,37)38-12-7-3-10(4-8-12)31-13(33)30-9-1-5-11(6-2-9)32(34)35/h1-8H,(H2,30,31,33). The zero-order valence-electron chi connectivity index (χ0n) is 18.1. The minimum Gasteiger partial charge on any atom is -0.378 e. The maximum atomic E-state index is 13.9. The number of amides is 2. The molecule has 0 unspecified atom stereocenters. The third-order valence-corrected chi connectivity index (χ3v) is 5.77. The second-order valence-corrected chi connectivity index (χ2v) is 8.77. The molecule has 2 aromatic carbocycles. The first-order valence-corrected chi connectivity index (χ1v) is 10.8. The average molecular weight is 605 g/mol. The summed E-state index contributed by atoms with van der Waals surface area (Å²) in [5, 5.41) is 7.53. The molecular formula is C18H10F11N3O6S. The van der Waals surface area contributed by atoms with Gasteiger partial charge in [0.1, 0.15) is 5.75 Å². The first-order chi connectivity index (χ1) is 17.5. The molecule has 9 nitrogen and oxygen atoms in total. The average Bonchev–Trinajstić information content (AvgIpc) is 2.79. The molecule has 0 atom stereocenters. The Hall–Kier alpha value is -3.91. The lowest BCUT2D eigenvalue weighted by molar-refractivity contribution is -0.413. The predicted octanol–water partition coefficient (Wildman–Crippen LogP) is 6.01. The second kappa shape index (κ2) is 10.0. The lowest BCUT2D eigenvalue weighted by atomic mass is 10.0. The maximum absolute atomic E-state index is 13.9. The van der Waals surface area contributed by atoms with E-state index in [1.54, 1.807) is 0 Å². The van der Waals surface area contributed by atoms with Gasteiger partial charge in [0.15, 0.2) is 0 Å². The van der Waals surface area contributed by atoms with Crippen LogP contribution in [0.25, 0.3) is 0 Å². The summed E-state index contributed by atoms with van der Waals surface area (Å²) in [5.74, 6) is -24.9. The van der Waals surface area contributed by atoms with Crippen LogP contribution in [0.2, 0.25) is 0 Å². The van der Waals surface area contributed by atoms with E-state index < -0.39 is 56.0 Å². The van der Waals surface area contributed by atoms with Crippen LogP contribution in [0.5, 0.6) is 5.75 Å². The van der Waals surface area contributed by atoms with E-state index in [-0.39, 0.29) is 17.1 Å². The van der Waals surface area contributed by atoms with Crippen molar-refractivity contribution in [2.24, 2.45) is 0 Å². The van der Waals surface area contributed by atoms with Crippen molar-refractivity contribution in [2.75, 3.05) is 10.6 Å². The number of anilines is 2. The number of nitro benzene ring substituents is 1. The number of nitro groups is 1. The van der Waals surface area contributed by atoms with Crippen LogP contribution in [-0.4, -0.2) is 48.6 Å². The molecule has 0 aliphatic rings. The smallest absolute Gasteiger partial charge is 0.378 e. The van der Waals surface area contributed by atoms with E-state index in [2.05, 4.69) is 14.8 Å². The lowest BCUT2D eigenvalue weighted by Crippen LogP contribution is -2.68. The number of benzene rings is 2. The van der Waals surface area contributed by atoms with Gasteiger partial charge in [0.2, 0.25) is 0 Å². The zero-order chi connectivity index (χ0) is 30.2. The Bertz CT molecular complexity index is 1330. The molecule has 0 fully saturated rings. The van der Waals surface area contributed by atoms with Gasteiger partial charge >= 0.3 is 45.3 Å². The molecule has 2 aromatic rings. The molecule has 2 rings (SSSR count). The Kier molecular flexibility index (Phi) is 8.03. The van der Waals surface area contributed by atoms with E-state index in [1.165, 1.54) is 0 Å². The third kappa shape index (κ3) is 5.76. The van der Waals surface area contributed by atoms with Gasteiger partial charge in [-0.25, -0.2) is 4.79 Å². The second-order valence-electron chi connectivity index (χ2n) is 7.18. The van der Waals surface area contributed by atoms with Gasteiger partial charge in [-0.1, -0.05) is 0 Å². The molecule has 0 saturated heterocycles. The largest absolute Gasteiger partial charge is 0.460 e. The number of carbonyl (C=O) groups excluding carboxylic acids is 1. The molecule has 0 aliphatic carbocycles. The van der Waals surface area contributed by atoms with Crippen molar-refractivity contribution in [1.82, 2.24) is 0 Å². The molecule has 0 bridgehead atoms. The van der Waals surface area contributed by atoms with Crippen LogP contribution in [-0.2, 0) is 10.1 Å². The van der Waals surface area contributed by atoms with Crippen molar-refractivity contribution in [2.45, 2.75) is 29.2 Å². The van der Waals surface area contributed by atoms with Crippen molar-refractivity contribution >= 4 is 33.2 Å². The van der Waals surface area contributed by atoms with Crippen LogP contribution in [0.15, 0.2) is 48.5 Å². The van der Waals surface area contributed by atoms with E-state index in [1.807, 2.05) is 0 Å². The van der Waals surface area contributed by atoms with E-state index >= 15 is 0 Å². The monoisotopic (exact) mass is 605 g/mol. The van der Waals surface area contributed by atoms with Crippen molar-refractivity contribution in [3.8, 4) is 5.75 Å². The molecule has 0 heterocycles. The Morgan fingerprint density at radius 2 is 1.13 bits per heavy atom. The highest BCUT2D eigenvalue weighted by atomic mass is 32.2. The van der Waals surface area contributed by atoms with Crippen molar-refractivity contribution < 1.29 is 70.6 Å². The fourth-order valence-corrected chi connectivity index (χ4v) is 3.36. The molecule has 0 spiro atoms. The van der Waals surface area contributed by atoms with Gasteiger partial charge in [-0.3, -0.25) is 10.1 Å². The first-order valence-electron chi connectivity index (χ1n) is 9.42. The lowest BCUT2D eigenvalue weighted by Gasteiger charge is -2.36. The van der Waals surface area contributed by atoms with Crippen LogP contribution in [0, 0.1) is 10.1 Å². The summed E-state index contributed by atoms with van der Waals surface area (Å²) in [4.78, 5) is 21.8. The summed E-state index contributed by atoms with van der Waals surface area (Å²) in [6, 6.07) is 5.43. The van der Waals surface area contributed by atoms with Crippen LogP contribution in [0.4, 0.5) is 70.2 Å². The fraction of sp³-hybridized carbons (Fsp3) is 0.278. The van der Waals surface area contributed by atoms with Crippen molar-refractivity contribution in [3.63, 3.8) is 0 Å². The highest BCUT2D eigenvalue weighted by Gasteiger charge is 2.90. The van der Waals surface area contributed by atoms with E-state index in [9.17, 15) is 71.6 Å². The topological polar surface area (TPSA) is 128 Å². The van der Waals surface area contributed by atoms with Crippen LogP contribution in [0.3, 0.4) is 0 Å². The summed E-state index contributed by atoms with van der Waals surface area (Å²) in [7, 11) is -7.36. The molecular weight excluding hydrogens is 595 g/mol. The van der Waals surface area contributed by atoms with E-state index in [0.717, 1.165) is 24.3 Å². The fourth-order valence-electron chi connectivity index (χ4n) is 2.45. The van der Waals surface area contributed by atoms with Crippen LogP contribution in [0.1, 0.15) is 0 Å². The number of alkyl halides is 11. The minimum absolute atomic E-state index is 0.0419. The number of rotatable bonds is 9. The van der Waals surface area contributed by atoms with E-state index in [4.69, 9.17) is 0 Å². The van der Waals surface area contributed by atoms with Gasteiger partial charge in [0, 0.05) is 23.5 Å². The number of carbonyl (C=O) groups is 1. The van der Waals surface area contributed by atoms with Gasteiger partial charge in [0.25, 0.3) is 5.69 Å². The molecule has 39 heavy (non-hydrogen) atoms. The summed E-state index contributed by atoms with van der Waals surface area (Å²) < 4.78 is 171. The van der Waals surface area contributed by atoms with Gasteiger partial charge in [-0.2, -0.15) is 56.7 Å². The highest BCUT2D eigenvalue weighted by molar-refractivity contribution is 7.88. The molecule has 21 heteroatoms. The van der Waals surface area contributed by atoms with Crippen molar-refractivity contribution in [1.29, 1.82) is 0 Å². The number of halogens is 11. The molecule has 0 aromatic heterocycles. The Balaban J connectivity index is 2.19. The first kappa shape index (κ1) is 31.3. The highest BCUT2D eigenvalue weighted by Crippen LogP contribution is 2.58. The van der Waals surface area contributed by atoms with Crippen molar-refractivity contribution in [3.05, 3.63) is 58.6 Å². The van der Waals surface area contributed by atoms with Gasteiger partial charge in [-0.05, 0) is 36.4 Å². The van der Waals surface area contributed by atoms with E-state index in [0.29, 0.717) is 24.3 Å². The molecule has 0 saturated carbocycles. The predicted molar refractivity (Wildman–Crippen MR) is 108 cm³/mol. The van der Waals surface area contributed by atoms with Gasteiger partial charge in [-0.15, -0.1) is 0 Å². The summed E-state index contributed by atoms with van der Waals surface area (Å²) in [6.45, 7) is 0. The SMILES string of the molecule is O=C(Nc1ccc(OS(=O)(=O)C(F)(F)C(F)(F)C(F)(F)C(F)(F)C(F)(F)F)cc1)Nc1ccc([N+](=O)[O-])cc1. The Morgan fingerprint density at radius 1 is 0.718 bits per heavy atom. The number of nitrogens with zero attached hydrogens (tertiary/aromatic N) is 1. The third-order valence-electron chi connectivity index (χ3n) is 4.48. The van der Waals surface area contributed by atoms with Crippen LogP contribution < -0.4 is 14.8 Å². The number of hydrogen-bond donors (Lipinski definition) is 2. The minimum atomic E-state index is -7.96. The van der Waals surface area contributed by atoms with Crippen LogP contribution >= 0.6 is 0 Å². The normalized spacial score (nSPS) is 13.5. The Labute approximate surface area is 208 Å². The zero-order valence-corrected chi connectivity index (χ0v) is 18.9. The summed E-state index contributed by atoms with van der Waals surface area (Å²) in [6.07, 6.45) is -7.48. The maximum Gasteiger partial charge on any atom is 0.460 e. The molecule has 0 aliphatic heterocycles.